The van der Waals surface area contributed by atoms with Gasteiger partial charge < -0.3 is 16.0 Å². The van der Waals surface area contributed by atoms with Gasteiger partial charge in [0, 0.05) is 32.1 Å². The molecule has 0 aromatic carbocycles. The van der Waals surface area contributed by atoms with Crippen LogP contribution < -0.4 is 16.0 Å². The highest BCUT2D eigenvalue weighted by molar-refractivity contribution is 14.0. The van der Waals surface area contributed by atoms with Crippen LogP contribution >= 0.6 is 24.0 Å². The first-order valence-corrected chi connectivity index (χ1v) is 7.95. The fourth-order valence-corrected chi connectivity index (χ4v) is 2.73. The third kappa shape index (κ3) is 6.84. The van der Waals surface area contributed by atoms with Crippen LogP contribution in [0.3, 0.4) is 0 Å². The number of aliphatic imine (C=N–C) groups is 1. The number of carbonyl (C=O) groups excluding carboxylic acids is 1. The Morgan fingerprint density at radius 2 is 1.86 bits per heavy atom. The Bertz CT molecular complexity index is 356. The minimum absolute atomic E-state index is 0. The monoisotopic (exact) mass is 408 g/mol. The number of halogens is 1. The number of nitrogens with zero attached hydrogens (tertiary/aromatic N) is 1. The highest BCUT2D eigenvalue weighted by Crippen LogP contribution is 2.28. The van der Waals surface area contributed by atoms with Crippen molar-refractivity contribution >= 4 is 35.8 Å². The number of hydrogen-bond acceptors (Lipinski definition) is 2. The zero-order valence-electron chi connectivity index (χ0n) is 13.2. The standard InChI is InChI=1S/C15H28N4O.HI/c1-11-10-13(11)19-15(16-2)17-9-8-14(20)18-12-6-4-3-5-7-12;/h11-13H,3-10H2,1-2H3,(H,18,20)(H2,16,17,19);1H. The fraction of sp³-hybridized carbons (Fsp3) is 0.867. The second-order valence-electron chi connectivity index (χ2n) is 6.12. The molecule has 122 valence electrons. The van der Waals surface area contributed by atoms with Crippen LogP contribution in [0, 0.1) is 5.92 Å². The van der Waals surface area contributed by atoms with Gasteiger partial charge in [0.15, 0.2) is 5.96 Å². The van der Waals surface area contributed by atoms with Crippen molar-refractivity contribution in [2.75, 3.05) is 13.6 Å². The second kappa shape index (κ2) is 9.48. The van der Waals surface area contributed by atoms with Crippen molar-refractivity contribution in [1.29, 1.82) is 0 Å². The molecule has 2 aliphatic carbocycles. The maximum atomic E-state index is 11.9. The Morgan fingerprint density at radius 3 is 2.43 bits per heavy atom. The van der Waals surface area contributed by atoms with Crippen LogP contribution in [0.4, 0.5) is 0 Å². The topological polar surface area (TPSA) is 65.5 Å². The van der Waals surface area contributed by atoms with E-state index in [0.29, 0.717) is 25.0 Å². The van der Waals surface area contributed by atoms with E-state index in [1.807, 2.05) is 0 Å². The van der Waals surface area contributed by atoms with Gasteiger partial charge in [0.1, 0.15) is 0 Å². The lowest BCUT2D eigenvalue weighted by atomic mass is 9.95. The summed E-state index contributed by atoms with van der Waals surface area (Å²) in [5, 5.41) is 9.69. The maximum absolute atomic E-state index is 11.9. The Labute approximate surface area is 145 Å². The lowest BCUT2D eigenvalue weighted by Gasteiger charge is -2.22. The average molecular weight is 408 g/mol. The van der Waals surface area contributed by atoms with E-state index in [0.717, 1.165) is 24.7 Å². The molecule has 0 bridgehead atoms. The molecule has 0 aromatic rings. The predicted molar refractivity (Wildman–Crippen MR) is 97.1 cm³/mol. The van der Waals surface area contributed by atoms with Crippen molar-refractivity contribution < 1.29 is 4.79 Å². The van der Waals surface area contributed by atoms with Crippen molar-refractivity contribution in [3.63, 3.8) is 0 Å². The van der Waals surface area contributed by atoms with Crippen LogP contribution in [0.2, 0.25) is 0 Å². The molecule has 2 fully saturated rings. The minimum Gasteiger partial charge on any atom is -0.356 e. The Balaban J connectivity index is 0.00000220. The maximum Gasteiger partial charge on any atom is 0.221 e. The third-order valence-electron chi connectivity index (χ3n) is 4.27. The molecule has 0 spiro atoms. The summed E-state index contributed by atoms with van der Waals surface area (Å²) in [5.41, 5.74) is 0. The Kier molecular flexibility index (Phi) is 8.36. The molecule has 5 nitrogen and oxygen atoms in total. The number of carbonyl (C=O) groups is 1. The highest BCUT2D eigenvalue weighted by Gasteiger charge is 2.33. The van der Waals surface area contributed by atoms with Gasteiger partial charge in [0.05, 0.1) is 0 Å². The summed E-state index contributed by atoms with van der Waals surface area (Å²) in [5.74, 6) is 1.70. The summed E-state index contributed by atoms with van der Waals surface area (Å²) in [6.45, 7) is 2.86. The Morgan fingerprint density at radius 1 is 1.19 bits per heavy atom. The molecule has 6 heteroatoms. The molecule has 0 saturated heterocycles. The van der Waals surface area contributed by atoms with E-state index < -0.39 is 0 Å². The summed E-state index contributed by atoms with van der Waals surface area (Å²) >= 11 is 0. The first kappa shape index (κ1) is 18.5. The molecule has 2 unspecified atom stereocenters. The molecule has 0 aromatic heterocycles. The highest BCUT2D eigenvalue weighted by atomic mass is 127. The first-order valence-electron chi connectivity index (χ1n) is 7.95. The molecular formula is C15H29IN4O. The summed E-state index contributed by atoms with van der Waals surface area (Å²) < 4.78 is 0. The van der Waals surface area contributed by atoms with Crippen LogP contribution in [-0.4, -0.2) is 37.5 Å². The molecule has 3 N–H and O–H groups in total. The molecular weight excluding hydrogens is 379 g/mol. The van der Waals surface area contributed by atoms with E-state index in [2.05, 4.69) is 27.9 Å². The van der Waals surface area contributed by atoms with Crippen LogP contribution in [0.1, 0.15) is 51.9 Å². The van der Waals surface area contributed by atoms with Crippen LogP contribution in [0.5, 0.6) is 0 Å². The van der Waals surface area contributed by atoms with Gasteiger partial charge in [-0.1, -0.05) is 26.2 Å². The molecule has 0 heterocycles. The number of rotatable bonds is 5. The molecule has 2 atom stereocenters. The van der Waals surface area contributed by atoms with Crippen LogP contribution in [-0.2, 0) is 4.79 Å². The molecule has 0 aliphatic heterocycles. The predicted octanol–water partition coefficient (Wildman–Crippen LogP) is 2.02. The summed E-state index contributed by atoms with van der Waals surface area (Å²) in [6.07, 6.45) is 7.82. The zero-order chi connectivity index (χ0) is 14.4. The normalized spacial score (nSPS) is 25.7. The molecule has 0 radical (unpaired) electrons. The summed E-state index contributed by atoms with van der Waals surface area (Å²) in [7, 11) is 1.77. The lowest BCUT2D eigenvalue weighted by Crippen LogP contribution is -2.42. The number of nitrogens with one attached hydrogen (secondary N) is 3. The van der Waals surface area contributed by atoms with Crippen molar-refractivity contribution in [3.05, 3.63) is 0 Å². The van der Waals surface area contributed by atoms with Gasteiger partial charge in [-0.15, -0.1) is 24.0 Å². The lowest BCUT2D eigenvalue weighted by molar-refractivity contribution is -0.121. The van der Waals surface area contributed by atoms with Gasteiger partial charge in [0.25, 0.3) is 0 Å². The van der Waals surface area contributed by atoms with Crippen molar-refractivity contribution in [2.45, 2.75) is 64.0 Å². The number of hydrogen-bond donors (Lipinski definition) is 3. The van der Waals surface area contributed by atoms with Crippen LogP contribution in [0.25, 0.3) is 0 Å². The van der Waals surface area contributed by atoms with Gasteiger partial charge in [-0.2, -0.15) is 0 Å². The fourth-order valence-electron chi connectivity index (χ4n) is 2.73. The molecule has 2 rings (SSSR count). The van der Waals surface area contributed by atoms with E-state index in [9.17, 15) is 4.79 Å². The van der Waals surface area contributed by atoms with E-state index in [4.69, 9.17) is 0 Å². The van der Waals surface area contributed by atoms with E-state index >= 15 is 0 Å². The van der Waals surface area contributed by atoms with Gasteiger partial charge in [0.2, 0.25) is 5.91 Å². The van der Waals surface area contributed by atoms with Gasteiger partial charge in [-0.25, -0.2) is 0 Å². The minimum atomic E-state index is 0. The molecule has 2 saturated carbocycles. The largest absolute Gasteiger partial charge is 0.356 e. The van der Waals surface area contributed by atoms with Crippen molar-refractivity contribution in [3.8, 4) is 0 Å². The quantitative estimate of drug-likeness (QED) is 0.371. The van der Waals surface area contributed by atoms with E-state index in [1.165, 1.54) is 25.7 Å². The van der Waals surface area contributed by atoms with E-state index in [1.54, 1.807) is 7.05 Å². The van der Waals surface area contributed by atoms with Gasteiger partial charge >= 0.3 is 0 Å². The van der Waals surface area contributed by atoms with Crippen molar-refractivity contribution in [1.82, 2.24) is 16.0 Å². The molecule has 2 aliphatic rings. The average Bonchev–Trinajstić information content (AvgIpc) is 3.14. The van der Waals surface area contributed by atoms with Crippen LogP contribution in [0.15, 0.2) is 4.99 Å². The van der Waals surface area contributed by atoms with E-state index in [-0.39, 0.29) is 29.9 Å². The SMILES string of the molecule is CN=C(NCCC(=O)NC1CCCCC1)NC1CC1C.I. The van der Waals surface area contributed by atoms with Crippen molar-refractivity contribution in [2.24, 2.45) is 10.9 Å². The molecule has 1 amide bonds. The van der Waals surface area contributed by atoms with Gasteiger partial charge in [-0.05, 0) is 25.2 Å². The first-order chi connectivity index (χ1) is 9.69. The zero-order valence-corrected chi connectivity index (χ0v) is 15.5. The smallest absolute Gasteiger partial charge is 0.221 e. The number of amides is 1. The molecule has 21 heavy (non-hydrogen) atoms. The third-order valence-corrected chi connectivity index (χ3v) is 4.27. The Hall–Kier alpha value is -0.530. The summed E-state index contributed by atoms with van der Waals surface area (Å²) in [6, 6.07) is 0.957. The summed E-state index contributed by atoms with van der Waals surface area (Å²) in [4.78, 5) is 16.0. The van der Waals surface area contributed by atoms with Gasteiger partial charge in [-0.3, -0.25) is 9.79 Å². The number of guanidine groups is 1. The second-order valence-corrected chi connectivity index (χ2v) is 6.12.